The third-order valence-electron chi connectivity index (χ3n) is 2.26. The van der Waals surface area contributed by atoms with Crippen molar-refractivity contribution in [1.82, 2.24) is 20.4 Å². The molecule has 19 heavy (non-hydrogen) atoms. The Labute approximate surface area is 112 Å². The van der Waals surface area contributed by atoms with Gasteiger partial charge in [-0.1, -0.05) is 0 Å². The first kappa shape index (κ1) is 15.3. The van der Waals surface area contributed by atoms with Gasteiger partial charge in [0, 0.05) is 13.1 Å². The van der Waals surface area contributed by atoms with Crippen molar-refractivity contribution in [2.45, 2.75) is 0 Å². The Morgan fingerprint density at radius 2 is 2.16 bits per heavy atom. The molecule has 0 bridgehead atoms. The van der Waals surface area contributed by atoms with Gasteiger partial charge < -0.3 is 20.4 Å². The number of hydrogen-bond donors (Lipinski definition) is 3. The standard InChI is InChI=1S/C11H20N6O2/c1-17(2)6-8-19-7-5-13-11(18)9-3-4-10(14-12)16-15-9/h3-4H,5-8,12H2,1-2H3,(H,13,18)(H,14,16). The monoisotopic (exact) mass is 268 g/mol. The second kappa shape index (κ2) is 8.35. The lowest BCUT2D eigenvalue weighted by Gasteiger charge is -2.10. The zero-order valence-corrected chi connectivity index (χ0v) is 11.2. The molecule has 1 aromatic heterocycles. The maximum atomic E-state index is 11.7. The summed E-state index contributed by atoms with van der Waals surface area (Å²) >= 11 is 0. The number of nitrogens with one attached hydrogen (secondary N) is 2. The highest BCUT2D eigenvalue weighted by atomic mass is 16.5. The van der Waals surface area contributed by atoms with E-state index in [1.54, 1.807) is 12.1 Å². The molecular weight excluding hydrogens is 248 g/mol. The number of amides is 1. The second-order valence-electron chi connectivity index (χ2n) is 4.12. The van der Waals surface area contributed by atoms with Crippen LogP contribution in [0.3, 0.4) is 0 Å². The van der Waals surface area contributed by atoms with Crippen LogP contribution in [0, 0.1) is 0 Å². The number of carbonyl (C=O) groups is 1. The van der Waals surface area contributed by atoms with Crippen molar-refractivity contribution in [1.29, 1.82) is 0 Å². The molecule has 0 radical (unpaired) electrons. The summed E-state index contributed by atoms with van der Waals surface area (Å²) in [6.07, 6.45) is 0. The molecule has 0 spiro atoms. The summed E-state index contributed by atoms with van der Waals surface area (Å²) in [4.78, 5) is 13.7. The minimum Gasteiger partial charge on any atom is -0.378 e. The van der Waals surface area contributed by atoms with Gasteiger partial charge in [-0.25, -0.2) is 5.84 Å². The first-order valence-electron chi connectivity index (χ1n) is 5.94. The van der Waals surface area contributed by atoms with E-state index in [4.69, 9.17) is 10.6 Å². The summed E-state index contributed by atoms with van der Waals surface area (Å²) in [6, 6.07) is 3.12. The normalized spacial score (nSPS) is 10.5. The lowest BCUT2D eigenvalue weighted by Crippen LogP contribution is -2.29. The highest BCUT2D eigenvalue weighted by Gasteiger charge is 2.06. The fourth-order valence-corrected chi connectivity index (χ4v) is 1.21. The van der Waals surface area contributed by atoms with Gasteiger partial charge in [0.25, 0.3) is 5.91 Å². The molecular formula is C11H20N6O2. The van der Waals surface area contributed by atoms with E-state index in [0.29, 0.717) is 25.6 Å². The molecule has 0 saturated heterocycles. The lowest BCUT2D eigenvalue weighted by molar-refractivity contribution is 0.0895. The lowest BCUT2D eigenvalue weighted by atomic mass is 10.3. The summed E-state index contributed by atoms with van der Waals surface area (Å²) in [5.41, 5.74) is 2.58. The minimum atomic E-state index is -0.285. The van der Waals surface area contributed by atoms with Gasteiger partial charge in [-0.15, -0.1) is 10.2 Å². The number of hydrazine groups is 1. The predicted octanol–water partition coefficient (Wildman–Crippen LogP) is -0.930. The van der Waals surface area contributed by atoms with E-state index in [-0.39, 0.29) is 11.6 Å². The van der Waals surface area contributed by atoms with Crippen molar-refractivity contribution in [2.75, 3.05) is 45.8 Å². The van der Waals surface area contributed by atoms with E-state index in [2.05, 4.69) is 20.9 Å². The van der Waals surface area contributed by atoms with Crippen LogP contribution in [-0.2, 0) is 4.74 Å². The third kappa shape index (κ3) is 6.09. The number of aromatic nitrogens is 2. The van der Waals surface area contributed by atoms with Crippen LogP contribution in [0.1, 0.15) is 10.5 Å². The van der Waals surface area contributed by atoms with Crippen LogP contribution < -0.4 is 16.6 Å². The molecule has 0 atom stereocenters. The van der Waals surface area contributed by atoms with Gasteiger partial charge in [0.05, 0.1) is 13.2 Å². The Morgan fingerprint density at radius 1 is 1.37 bits per heavy atom. The summed E-state index contributed by atoms with van der Waals surface area (Å²) in [7, 11) is 3.95. The number of nitrogens with zero attached hydrogens (tertiary/aromatic N) is 3. The van der Waals surface area contributed by atoms with Crippen LogP contribution in [0.15, 0.2) is 12.1 Å². The maximum absolute atomic E-state index is 11.7. The van der Waals surface area contributed by atoms with Gasteiger partial charge in [-0.2, -0.15) is 0 Å². The molecule has 0 aliphatic carbocycles. The van der Waals surface area contributed by atoms with Crippen LogP contribution in [0.2, 0.25) is 0 Å². The van der Waals surface area contributed by atoms with Crippen molar-refractivity contribution in [2.24, 2.45) is 5.84 Å². The number of ether oxygens (including phenoxy) is 1. The molecule has 0 aliphatic heterocycles. The smallest absolute Gasteiger partial charge is 0.271 e. The second-order valence-corrected chi connectivity index (χ2v) is 4.12. The minimum absolute atomic E-state index is 0.243. The van der Waals surface area contributed by atoms with Crippen LogP contribution in [0.25, 0.3) is 0 Å². The predicted molar refractivity (Wildman–Crippen MR) is 71.5 cm³/mol. The fourth-order valence-electron chi connectivity index (χ4n) is 1.21. The van der Waals surface area contributed by atoms with Gasteiger partial charge in [0.15, 0.2) is 11.5 Å². The molecule has 8 heteroatoms. The van der Waals surface area contributed by atoms with Crippen LogP contribution in [0.5, 0.6) is 0 Å². The van der Waals surface area contributed by atoms with Crippen LogP contribution in [-0.4, -0.2) is 61.4 Å². The molecule has 0 saturated carbocycles. The third-order valence-corrected chi connectivity index (χ3v) is 2.26. The van der Waals surface area contributed by atoms with Crippen molar-refractivity contribution < 1.29 is 9.53 Å². The molecule has 8 nitrogen and oxygen atoms in total. The summed E-state index contributed by atoms with van der Waals surface area (Å²) in [5, 5.41) is 10.1. The van der Waals surface area contributed by atoms with Crippen LogP contribution in [0.4, 0.5) is 5.82 Å². The SMILES string of the molecule is CN(C)CCOCCNC(=O)c1ccc(NN)nn1. The molecule has 1 rings (SSSR count). The number of anilines is 1. The molecule has 1 heterocycles. The number of nitrogens with two attached hydrogens (primary N) is 1. The number of rotatable bonds is 8. The summed E-state index contributed by atoms with van der Waals surface area (Å²) < 4.78 is 5.35. The van der Waals surface area contributed by atoms with Gasteiger partial charge in [-0.05, 0) is 26.2 Å². The number of hydrogen-bond acceptors (Lipinski definition) is 7. The van der Waals surface area contributed by atoms with Crippen LogP contribution >= 0.6 is 0 Å². The highest BCUT2D eigenvalue weighted by molar-refractivity contribution is 5.92. The average molecular weight is 268 g/mol. The van der Waals surface area contributed by atoms with E-state index in [9.17, 15) is 4.79 Å². The van der Waals surface area contributed by atoms with Crippen molar-refractivity contribution in [3.63, 3.8) is 0 Å². The Kier molecular flexibility index (Phi) is 6.72. The Hall–Kier alpha value is -1.77. The van der Waals surface area contributed by atoms with Gasteiger partial charge in [-0.3, -0.25) is 4.79 Å². The molecule has 0 aliphatic rings. The number of carbonyl (C=O) groups excluding carboxylic acids is 1. The summed E-state index contributed by atoms with van der Waals surface area (Å²) in [5.74, 6) is 5.27. The number of nitrogen functional groups attached to an aromatic ring is 1. The van der Waals surface area contributed by atoms with Gasteiger partial charge in [0.1, 0.15) is 0 Å². The Morgan fingerprint density at radius 3 is 2.74 bits per heavy atom. The Balaban J connectivity index is 2.20. The van der Waals surface area contributed by atoms with E-state index in [1.165, 1.54) is 0 Å². The molecule has 1 amide bonds. The number of likely N-dealkylation sites (N-methyl/N-ethyl adjacent to an activating group) is 1. The molecule has 0 aromatic carbocycles. The van der Waals surface area contributed by atoms with Crippen molar-refractivity contribution >= 4 is 11.7 Å². The van der Waals surface area contributed by atoms with Crippen molar-refractivity contribution in [3.8, 4) is 0 Å². The molecule has 4 N–H and O–H groups in total. The van der Waals surface area contributed by atoms with Crippen molar-refractivity contribution in [3.05, 3.63) is 17.8 Å². The average Bonchev–Trinajstić information content (AvgIpc) is 2.42. The molecule has 0 fully saturated rings. The highest BCUT2D eigenvalue weighted by Crippen LogP contribution is 1.99. The molecule has 106 valence electrons. The topological polar surface area (TPSA) is 105 Å². The van der Waals surface area contributed by atoms with E-state index in [1.807, 2.05) is 19.0 Å². The summed E-state index contributed by atoms with van der Waals surface area (Å²) in [6.45, 7) is 2.40. The molecule has 1 aromatic rings. The zero-order valence-electron chi connectivity index (χ0n) is 11.2. The van der Waals surface area contributed by atoms with E-state index in [0.717, 1.165) is 6.54 Å². The van der Waals surface area contributed by atoms with Gasteiger partial charge in [0.2, 0.25) is 0 Å². The van der Waals surface area contributed by atoms with E-state index < -0.39 is 0 Å². The zero-order chi connectivity index (χ0) is 14.1. The quantitative estimate of drug-likeness (QED) is 0.318. The largest absolute Gasteiger partial charge is 0.378 e. The molecule has 0 unspecified atom stereocenters. The first-order chi connectivity index (χ1) is 9.13. The maximum Gasteiger partial charge on any atom is 0.271 e. The van der Waals surface area contributed by atoms with Gasteiger partial charge >= 0.3 is 0 Å². The Bertz CT molecular complexity index is 381. The first-order valence-corrected chi connectivity index (χ1v) is 5.94. The fraction of sp³-hybridized carbons (Fsp3) is 0.545. The van der Waals surface area contributed by atoms with E-state index >= 15 is 0 Å².